The minimum Gasteiger partial charge on any atom is -0.493 e. The van der Waals surface area contributed by atoms with Gasteiger partial charge in [0.1, 0.15) is 6.61 Å². The highest BCUT2D eigenvalue weighted by atomic mass is 16.5. The minimum atomic E-state index is -0.217. The molecule has 0 saturated heterocycles. The Morgan fingerprint density at radius 1 is 1.18 bits per heavy atom. The summed E-state index contributed by atoms with van der Waals surface area (Å²) in [5, 5.41) is 3.82. The van der Waals surface area contributed by atoms with E-state index in [0.717, 1.165) is 11.1 Å². The molecule has 22 heavy (non-hydrogen) atoms. The lowest BCUT2D eigenvalue weighted by Crippen LogP contribution is -2.12. The summed E-state index contributed by atoms with van der Waals surface area (Å²) in [6.07, 6.45) is 1.55. The Bertz CT molecular complexity index is 654. The average Bonchev–Trinajstić information content (AvgIpc) is 2.54. The highest BCUT2D eigenvalue weighted by molar-refractivity contribution is 5.82. The molecule has 0 saturated carbocycles. The van der Waals surface area contributed by atoms with E-state index in [1.807, 2.05) is 42.5 Å². The van der Waals surface area contributed by atoms with Crippen molar-refractivity contribution in [3.63, 3.8) is 0 Å². The first-order valence-corrected chi connectivity index (χ1v) is 6.83. The van der Waals surface area contributed by atoms with Gasteiger partial charge in [-0.05, 0) is 29.3 Å². The van der Waals surface area contributed by atoms with Gasteiger partial charge in [-0.25, -0.2) is 5.43 Å². The second-order valence-corrected chi connectivity index (χ2v) is 4.61. The number of hydrogen-bond acceptors (Lipinski definition) is 4. The Morgan fingerprint density at radius 2 is 1.95 bits per heavy atom. The van der Waals surface area contributed by atoms with Gasteiger partial charge in [-0.15, -0.1) is 0 Å². The van der Waals surface area contributed by atoms with Crippen molar-refractivity contribution < 1.29 is 14.3 Å². The molecule has 1 amide bonds. The Labute approximate surface area is 129 Å². The molecule has 5 nitrogen and oxygen atoms in total. The zero-order valence-electron chi connectivity index (χ0n) is 12.6. The van der Waals surface area contributed by atoms with Crippen molar-refractivity contribution in [2.45, 2.75) is 13.5 Å². The maximum absolute atomic E-state index is 10.8. The number of carbonyl (C=O) groups is 1. The highest BCUT2D eigenvalue weighted by Gasteiger charge is 2.05. The lowest BCUT2D eigenvalue weighted by molar-refractivity contribution is -0.118. The molecule has 2 rings (SSSR count). The highest BCUT2D eigenvalue weighted by Crippen LogP contribution is 2.28. The van der Waals surface area contributed by atoms with Crippen LogP contribution in [0.1, 0.15) is 18.1 Å². The fraction of sp³-hybridized carbons (Fsp3) is 0.176. The summed E-state index contributed by atoms with van der Waals surface area (Å²) in [7, 11) is 1.58. The quantitative estimate of drug-likeness (QED) is 0.659. The average molecular weight is 298 g/mol. The number of rotatable bonds is 6. The van der Waals surface area contributed by atoms with Gasteiger partial charge < -0.3 is 9.47 Å². The van der Waals surface area contributed by atoms with Crippen LogP contribution < -0.4 is 14.9 Å². The number of nitrogens with zero attached hydrogens (tertiary/aromatic N) is 1. The summed E-state index contributed by atoms with van der Waals surface area (Å²) in [5.41, 5.74) is 4.24. The van der Waals surface area contributed by atoms with Gasteiger partial charge in [0.05, 0.1) is 13.3 Å². The molecule has 1 N–H and O–H groups in total. The van der Waals surface area contributed by atoms with Crippen molar-refractivity contribution in [3.05, 3.63) is 59.7 Å². The van der Waals surface area contributed by atoms with Crippen LogP contribution >= 0.6 is 0 Å². The van der Waals surface area contributed by atoms with Crippen molar-refractivity contribution in [1.29, 1.82) is 0 Å². The molecule has 0 aliphatic rings. The standard InChI is InChI=1S/C17H18N2O3/c1-13(20)19-18-11-15-8-9-16(17(10-15)21-2)22-12-14-6-4-3-5-7-14/h3-11H,12H2,1-2H3,(H,19,20). The van der Waals surface area contributed by atoms with Crippen molar-refractivity contribution in [3.8, 4) is 11.5 Å². The van der Waals surface area contributed by atoms with E-state index in [0.29, 0.717) is 18.1 Å². The van der Waals surface area contributed by atoms with Crippen LogP contribution in [0.4, 0.5) is 0 Å². The van der Waals surface area contributed by atoms with Gasteiger partial charge in [0.15, 0.2) is 11.5 Å². The van der Waals surface area contributed by atoms with Crippen LogP contribution in [0.5, 0.6) is 11.5 Å². The fourth-order valence-electron chi connectivity index (χ4n) is 1.82. The first-order valence-electron chi connectivity index (χ1n) is 6.83. The molecular formula is C17H18N2O3. The molecule has 0 aliphatic carbocycles. The smallest absolute Gasteiger partial charge is 0.236 e. The van der Waals surface area contributed by atoms with E-state index >= 15 is 0 Å². The monoisotopic (exact) mass is 298 g/mol. The Hall–Kier alpha value is -2.82. The number of benzene rings is 2. The fourth-order valence-corrected chi connectivity index (χ4v) is 1.82. The van der Waals surface area contributed by atoms with Crippen LogP contribution in [0, 0.1) is 0 Å². The molecule has 5 heteroatoms. The largest absolute Gasteiger partial charge is 0.493 e. The van der Waals surface area contributed by atoms with Crippen LogP contribution in [0.25, 0.3) is 0 Å². The van der Waals surface area contributed by atoms with Crippen LogP contribution in [-0.4, -0.2) is 19.2 Å². The van der Waals surface area contributed by atoms with E-state index in [2.05, 4.69) is 10.5 Å². The molecule has 0 spiro atoms. The second kappa shape index (κ2) is 7.83. The third-order valence-electron chi connectivity index (χ3n) is 2.86. The molecule has 0 aromatic heterocycles. The number of hydrazone groups is 1. The molecule has 0 bridgehead atoms. The summed E-state index contributed by atoms with van der Waals surface area (Å²) < 4.78 is 11.1. The van der Waals surface area contributed by atoms with E-state index in [-0.39, 0.29) is 5.91 Å². The molecule has 0 fully saturated rings. The molecule has 114 valence electrons. The van der Waals surface area contributed by atoms with Gasteiger partial charge in [0.25, 0.3) is 0 Å². The number of hydrogen-bond donors (Lipinski definition) is 1. The Kier molecular flexibility index (Phi) is 5.54. The number of nitrogens with one attached hydrogen (secondary N) is 1. The predicted octanol–water partition coefficient (Wildman–Crippen LogP) is 2.74. The van der Waals surface area contributed by atoms with Gasteiger partial charge in [0, 0.05) is 6.92 Å². The lowest BCUT2D eigenvalue weighted by atomic mass is 10.2. The van der Waals surface area contributed by atoms with E-state index < -0.39 is 0 Å². The number of methoxy groups -OCH3 is 1. The first kappa shape index (κ1) is 15.6. The lowest BCUT2D eigenvalue weighted by Gasteiger charge is -2.11. The summed E-state index contributed by atoms with van der Waals surface area (Å²) >= 11 is 0. The SMILES string of the molecule is COc1cc(C=NNC(C)=O)ccc1OCc1ccccc1. The van der Waals surface area contributed by atoms with E-state index in [1.165, 1.54) is 6.92 Å². The van der Waals surface area contributed by atoms with Crippen molar-refractivity contribution in [2.24, 2.45) is 5.10 Å². The van der Waals surface area contributed by atoms with Gasteiger partial charge in [-0.1, -0.05) is 30.3 Å². The normalized spacial score (nSPS) is 10.5. The van der Waals surface area contributed by atoms with Gasteiger partial charge >= 0.3 is 0 Å². The number of carbonyl (C=O) groups excluding carboxylic acids is 1. The minimum absolute atomic E-state index is 0.217. The van der Waals surface area contributed by atoms with E-state index in [9.17, 15) is 4.79 Å². The molecule has 2 aromatic rings. The van der Waals surface area contributed by atoms with Crippen LogP contribution in [-0.2, 0) is 11.4 Å². The maximum Gasteiger partial charge on any atom is 0.236 e. The number of amides is 1. The van der Waals surface area contributed by atoms with Gasteiger partial charge in [0.2, 0.25) is 5.91 Å². The van der Waals surface area contributed by atoms with Crippen LogP contribution in [0.15, 0.2) is 53.6 Å². The molecule has 0 atom stereocenters. The third-order valence-corrected chi connectivity index (χ3v) is 2.86. The van der Waals surface area contributed by atoms with Crippen LogP contribution in [0.3, 0.4) is 0 Å². The van der Waals surface area contributed by atoms with Crippen LogP contribution in [0.2, 0.25) is 0 Å². The third kappa shape index (κ3) is 4.63. The second-order valence-electron chi connectivity index (χ2n) is 4.61. The van der Waals surface area contributed by atoms with Crippen molar-refractivity contribution in [2.75, 3.05) is 7.11 Å². The zero-order chi connectivity index (χ0) is 15.8. The summed E-state index contributed by atoms with van der Waals surface area (Å²) in [6, 6.07) is 15.4. The summed E-state index contributed by atoms with van der Waals surface area (Å²) in [6.45, 7) is 1.87. The molecular weight excluding hydrogens is 280 g/mol. The summed E-state index contributed by atoms with van der Waals surface area (Å²) in [4.78, 5) is 10.8. The van der Waals surface area contributed by atoms with Gasteiger partial charge in [-0.2, -0.15) is 5.10 Å². The predicted molar refractivity (Wildman–Crippen MR) is 85.2 cm³/mol. The molecule has 0 unspecified atom stereocenters. The van der Waals surface area contributed by atoms with E-state index in [4.69, 9.17) is 9.47 Å². The molecule has 0 heterocycles. The van der Waals surface area contributed by atoms with Crippen molar-refractivity contribution >= 4 is 12.1 Å². The molecule has 0 radical (unpaired) electrons. The number of ether oxygens (including phenoxy) is 2. The van der Waals surface area contributed by atoms with Crippen molar-refractivity contribution in [1.82, 2.24) is 5.43 Å². The first-order chi connectivity index (χ1) is 10.7. The Balaban J connectivity index is 2.05. The summed E-state index contributed by atoms with van der Waals surface area (Å²) in [5.74, 6) is 1.05. The maximum atomic E-state index is 10.8. The molecule has 2 aromatic carbocycles. The topological polar surface area (TPSA) is 59.9 Å². The van der Waals surface area contributed by atoms with E-state index in [1.54, 1.807) is 19.4 Å². The Morgan fingerprint density at radius 3 is 2.64 bits per heavy atom. The van der Waals surface area contributed by atoms with Gasteiger partial charge in [-0.3, -0.25) is 4.79 Å². The zero-order valence-corrected chi connectivity index (χ0v) is 12.6. The molecule has 0 aliphatic heterocycles.